The molecule has 0 radical (unpaired) electrons. The molecule has 2 unspecified atom stereocenters. The van der Waals surface area contributed by atoms with E-state index in [9.17, 15) is 4.55 Å². The van der Waals surface area contributed by atoms with Crippen LogP contribution < -0.4 is 4.74 Å². The standard InChI is InChI=1S/C16H17NO2S2/c1-9-8-21(18)15(10(9)2)12-6-16(3,4)19-13-5-11(7-17)20-14(12)13/h5-6,15H,8H2,1-4H3. The fourth-order valence-electron chi connectivity index (χ4n) is 2.86. The molecule has 5 heteroatoms. The van der Waals surface area contributed by atoms with E-state index < -0.39 is 16.8 Å². The summed E-state index contributed by atoms with van der Waals surface area (Å²) in [5.74, 6) is 1.38. The van der Waals surface area contributed by atoms with Gasteiger partial charge >= 0.3 is 0 Å². The zero-order valence-corrected chi connectivity index (χ0v) is 14.2. The lowest BCUT2D eigenvalue weighted by atomic mass is 9.94. The van der Waals surface area contributed by atoms with E-state index in [4.69, 9.17) is 10.00 Å². The van der Waals surface area contributed by atoms with Gasteiger partial charge in [0.2, 0.25) is 0 Å². The lowest BCUT2D eigenvalue weighted by Gasteiger charge is -2.31. The van der Waals surface area contributed by atoms with Gasteiger partial charge in [-0.25, -0.2) is 0 Å². The number of thiophene rings is 1. The number of rotatable bonds is 1. The minimum Gasteiger partial charge on any atom is -0.615 e. The Labute approximate surface area is 132 Å². The molecule has 1 aromatic rings. The number of hydrogen-bond donors (Lipinski definition) is 0. The van der Waals surface area contributed by atoms with Crippen molar-refractivity contribution < 1.29 is 9.29 Å². The number of nitrogens with zero attached hydrogens (tertiary/aromatic N) is 1. The zero-order valence-electron chi connectivity index (χ0n) is 12.5. The van der Waals surface area contributed by atoms with Gasteiger partial charge in [0.1, 0.15) is 28.0 Å². The molecule has 0 fully saturated rings. The van der Waals surface area contributed by atoms with Crippen LogP contribution in [-0.4, -0.2) is 21.2 Å². The molecule has 2 aliphatic heterocycles. The van der Waals surface area contributed by atoms with Crippen LogP contribution in [0.5, 0.6) is 5.75 Å². The van der Waals surface area contributed by atoms with Crippen molar-refractivity contribution in [2.75, 3.05) is 5.75 Å². The normalized spacial score (nSPS) is 27.0. The van der Waals surface area contributed by atoms with E-state index >= 15 is 0 Å². The third-order valence-electron chi connectivity index (χ3n) is 3.92. The molecule has 3 heterocycles. The van der Waals surface area contributed by atoms with E-state index in [0.717, 1.165) is 16.2 Å². The Hall–Kier alpha value is -1.22. The second-order valence-corrected chi connectivity index (χ2v) is 8.66. The molecule has 3 rings (SSSR count). The molecule has 110 valence electrons. The number of ether oxygens (including phenoxy) is 1. The Morgan fingerprint density at radius 3 is 2.76 bits per heavy atom. The summed E-state index contributed by atoms with van der Waals surface area (Å²) in [6, 6.07) is 3.97. The van der Waals surface area contributed by atoms with Gasteiger partial charge in [-0.05, 0) is 56.1 Å². The molecule has 0 bridgehead atoms. The molecule has 0 aliphatic carbocycles. The fourth-order valence-corrected chi connectivity index (χ4v) is 5.75. The van der Waals surface area contributed by atoms with Gasteiger partial charge in [-0.1, -0.05) is 0 Å². The van der Waals surface area contributed by atoms with Gasteiger partial charge in [0, 0.05) is 11.6 Å². The summed E-state index contributed by atoms with van der Waals surface area (Å²) in [5.41, 5.74) is 3.01. The smallest absolute Gasteiger partial charge is 0.163 e. The van der Waals surface area contributed by atoms with E-state index in [1.807, 2.05) is 20.8 Å². The van der Waals surface area contributed by atoms with E-state index in [2.05, 4.69) is 19.1 Å². The van der Waals surface area contributed by atoms with Crippen LogP contribution in [0.3, 0.4) is 0 Å². The summed E-state index contributed by atoms with van der Waals surface area (Å²) in [6.45, 7) is 8.09. The lowest BCUT2D eigenvalue weighted by Crippen LogP contribution is -2.32. The third-order valence-corrected chi connectivity index (χ3v) is 6.84. The molecule has 3 nitrogen and oxygen atoms in total. The average Bonchev–Trinajstić information content (AvgIpc) is 2.89. The van der Waals surface area contributed by atoms with Crippen molar-refractivity contribution in [1.29, 1.82) is 5.26 Å². The molecule has 2 aliphatic rings. The number of hydrogen-bond acceptors (Lipinski definition) is 4. The van der Waals surface area contributed by atoms with Crippen molar-refractivity contribution in [3.63, 3.8) is 0 Å². The second-order valence-electron chi connectivity index (χ2n) is 6.09. The number of fused-ring (bicyclic) bond motifs is 1. The maximum Gasteiger partial charge on any atom is 0.163 e. The summed E-state index contributed by atoms with van der Waals surface area (Å²) in [6.07, 6.45) is 2.07. The van der Waals surface area contributed by atoms with Crippen LogP contribution >= 0.6 is 11.3 Å². The van der Waals surface area contributed by atoms with Gasteiger partial charge in [-0.2, -0.15) is 5.26 Å². The average molecular weight is 319 g/mol. The van der Waals surface area contributed by atoms with Gasteiger partial charge in [-0.15, -0.1) is 11.3 Å². The minimum absolute atomic E-state index is 0.0721. The summed E-state index contributed by atoms with van der Waals surface area (Å²) in [4.78, 5) is 1.59. The van der Waals surface area contributed by atoms with Gasteiger partial charge in [-0.3, -0.25) is 0 Å². The Kier molecular flexibility index (Phi) is 3.44. The van der Waals surface area contributed by atoms with Gasteiger partial charge in [0.05, 0.1) is 4.88 Å². The van der Waals surface area contributed by atoms with Crippen LogP contribution in [0.15, 0.2) is 23.3 Å². The molecule has 2 atom stereocenters. The topological polar surface area (TPSA) is 56.1 Å². The van der Waals surface area contributed by atoms with Crippen molar-refractivity contribution in [2.45, 2.75) is 38.5 Å². The Bertz CT molecular complexity index is 706. The summed E-state index contributed by atoms with van der Waals surface area (Å²) in [5, 5.41) is 9.06. The summed E-state index contributed by atoms with van der Waals surface area (Å²) in [7, 11) is 0. The SMILES string of the molecule is CC1=C(C)C(C2=CC(C)(C)Oc3cc(C#N)sc32)[S+]([O-])C1. The van der Waals surface area contributed by atoms with E-state index in [0.29, 0.717) is 10.6 Å². The van der Waals surface area contributed by atoms with Crippen LogP contribution in [0.25, 0.3) is 5.57 Å². The van der Waals surface area contributed by atoms with Crippen molar-refractivity contribution in [1.82, 2.24) is 0 Å². The highest BCUT2D eigenvalue weighted by atomic mass is 32.2. The Morgan fingerprint density at radius 2 is 2.19 bits per heavy atom. The van der Waals surface area contributed by atoms with Crippen LogP contribution in [-0.2, 0) is 11.2 Å². The molecular weight excluding hydrogens is 302 g/mol. The zero-order chi connectivity index (χ0) is 15.4. The third kappa shape index (κ3) is 2.42. The van der Waals surface area contributed by atoms with Crippen molar-refractivity contribution >= 4 is 28.1 Å². The quantitative estimate of drug-likeness (QED) is 0.586. The van der Waals surface area contributed by atoms with Gasteiger partial charge in [0.15, 0.2) is 5.25 Å². The highest BCUT2D eigenvalue weighted by Gasteiger charge is 2.41. The molecule has 0 amide bonds. The summed E-state index contributed by atoms with van der Waals surface area (Å²) >= 11 is 0.499. The molecule has 0 aromatic carbocycles. The maximum atomic E-state index is 12.5. The molecule has 0 saturated heterocycles. The van der Waals surface area contributed by atoms with Crippen LogP contribution in [0.4, 0.5) is 0 Å². The monoisotopic (exact) mass is 319 g/mol. The second kappa shape index (κ2) is 4.91. The molecule has 0 saturated carbocycles. The number of nitriles is 1. The van der Waals surface area contributed by atoms with E-state index in [1.165, 1.54) is 22.5 Å². The Balaban J connectivity index is 2.15. The van der Waals surface area contributed by atoms with Crippen molar-refractivity contribution in [2.24, 2.45) is 0 Å². The van der Waals surface area contributed by atoms with E-state index in [-0.39, 0.29) is 5.25 Å². The van der Waals surface area contributed by atoms with Crippen LogP contribution in [0.2, 0.25) is 0 Å². The molecule has 0 N–H and O–H groups in total. The first-order chi connectivity index (χ1) is 9.82. The summed E-state index contributed by atoms with van der Waals surface area (Å²) < 4.78 is 18.5. The van der Waals surface area contributed by atoms with Crippen LogP contribution in [0, 0.1) is 11.3 Å². The maximum absolute atomic E-state index is 12.5. The van der Waals surface area contributed by atoms with Crippen molar-refractivity contribution in [3.8, 4) is 11.8 Å². The highest BCUT2D eigenvalue weighted by Crippen LogP contribution is 2.47. The van der Waals surface area contributed by atoms with Crippen LogP contribution in [0.1, 0.15) is 37.4 Å². The first kappa shape index (κ1) is 14.7. The van der Waals surface area contributed by atoms with Gasteiger partial charge in [0.25, 0.3) is 0 Å². The molecular formula is C16H17NO2S2. The fraction of sp³-hybridized carbons (Fsp3) is 0.438. The molecule has 1 aromatic heterocycles. The van der Waals surface area contributed by atoms with Gasteiger partial charge < -0.3 is 9.29 Å². The molecule has 21 heavy (non-hydrogen) atoms. The first-order valence-electron chi connectivity index (χ1n) is 6.82. The first-order valence-corrected chi connectivity index (χ1v) is 9.02. The van der Waals surface area contributed by atoms with E-state index in [1.54, 1.807) is 6.07 Å². The molecule has 0 spiro atoms. The highest BCUT2D eigenvalue weighted by molar-refractivity contribution is 7.93. The minimum atomic E-state index is -0.926. The van der Waals surface area contributed by atoms with Crippen molar-refractivity contribution in [3.05, 3.63) is 33.0 Å². The largest absolute Gasteiger partial charge is 0.615 e. The predicted octanol–water partition coefficient (Wildman–Crippen LogP) is 3.64. The Morgan fingerprint density at radius 1 is 1.48 bits per heavy atom. The predicted molar refractivity (Wildman–Crippen MR) is 86.9 cm³/mol. The lowest BCUT2D eigenvalue weighted by molar-refractivity contribution is 0.159.